The van der Waals surface area contributed by atoms with E-state index in [-0.39, 0.29) is 23.7 Å². The summed E-state index contributed by atoms with van der Waals surface area (Å²) in [5, 5.41) is 6.40. The number of nitrogens with zero attached hydrogens (tertiary/aromatic N) is 3. The van der Waals surface area contributed by atoms with Gasteiger partial charge in [0, 0.05) is 31.9 Å². The molecule has 2 saturated heterocycles. The molecule has 9 heteroatoms. The largest absolute Gasteiger partial charge is 0.375 e. The van der Waals surface area contributed by atoms with E-state index in [4.69, 9.17) is 4.74 Å². The summed E-state index contributed by atoms with van der Waals surface area (Å²) in [6.07, 6.45) is 2.70. The SMILES string of the molecule is CCNC(=NCc1ccc(N2CCOC(C)C2)nc1)NC1CCS(=O)(=O)C1. The van der Waals surface area contributed by atoms with Crippen LogP contribution >= 0.6 is 0 Å². The number of hydrogen-bond donors (Lipinski definition) is 2. The Balaban J connectivity index is 1.58. The number of anilines is 1. The number of sulfone groups is 1. The monoisotopic (exact) mass is 395 g/mol. The molecule has 3 heterocycles. The van der Waals surface area contributed by atoms with Crippen LogP contribution in [0.1, 0.15) is 25.8 Å². The number of rotatable bonds is 5. The van der Waals surface area contributed by atoms with E-state index in [2.05, 4.69) is 32.4 Å². The zero-order chi connectivity index (χ0) is 19.3. The van der Waals surface area contributed by atoms with Gasteiger partial charge >= 0.3 is 0 Å². The minimum Gasteiger partial charge on any atom is -0.375 e. The van der Waals surface area contributed by atoms with Crippen molar-refractivity contribution in [3.63, 3.8) is 0 Å². The molecule has 3 rings (SSSR count). The number of pyridine rings is 1. The molecule has 0 aliphatic carbocycles. The van der Waals surface area contributed by atoms with Gasteiger partial charge in [-0.05, 0) is 31.9 Å². The fraction of sp³-hybridized carbons (Fsp3) is 0.667. The maximum absolute atomic E-state index is 11.6. The first-order valence-electron chi connectivity index (χ1n) is 9.52. The maximum Gasteiger partial charge on any atom is 0.191 e. The number of ether oxygens (including phenoxy) is 1. The first kappa shape index (κ1) is 19.9. The Hall–Kier alpha value is -1.87. The highest BCUT2D eigenvalue weighted by Gasteiger charge is 2.28. The molecule has 2 aliphatic rings. The van der Waals surface area contributed by atoms with E-state index in [1.807, 2.05) is 25.3 Å². The minimum atomic E-state index is -2.91. The van der Waals surface area contributed by atoms with Crippen LogP contribution in [0.4, 0.5) is 5.82 Å². The zero-order valence-corrected chi connectivity index (χ0v) is 16.8. The fourth-order valence-electron chi connectivity index (χ4n) is 3.32. The zero-order valence-electron chi connectivity index (χ0n) is 16.0. The Morgan fingerprint density at radius 3 is 2.93 bits per heavy atom. The van der Waals surface area contributed by atoms with E-state index in [0.29, 0.717) is 18.9 Å². The maximum atomic E-state index is 11.6. The van der Waals surface area contributed by atoms with Crippen LogP contribution < -0.4 is 15.5 Å². The number of aliphatic imine (C=N–C) groups is 1. The van der Waals surface area contributed by atoms with Crippen LogP contribution in [0.15, 0.2) is 23.3 Å². The third kappa shape index (κ3) is 5.80. The van der Waals surface area contributed by atoms with Crippen LogP contribution in [0.5, 0.6) is 0 Å². The van der Waals surface area contributed by atoms with Gasteiger partial charge in [0.05, 0.1) is 30.8 Å². The molecule has 0 spiro atoms. The highest BCUT2D eigenvalue weighted by molar-refractivity contribution is 7.91. The molecule has 150 valence electrons. The van der Waals surface area contributed by atoms with Crippen molar-refractivity contribution in [1.29, 1.82) is 0 Å². The van der Waals surface area contributed by atoms with Crippen molar-refractivity contribution < 1.29 is 13.2 Å². The number of nitrogens with one attached hydrogen (secondary N) is 2. The lowest BCUT2D eigenvalue weighted by Crippen LogP contribution is -2.44. The van der Waals surface area contributed by atoms with Gasteiger partial charge in [0.25, 0.3) is 0 Å². The van der Waals surface area contributed by atoms with Crippen LogP contribution in [0, 0.1) is 0 Å². The lowest BCUT2D eigenvalue weighted by molar-refractivity contribution is 0.0529. The second kappa shape index (κ2) is 8.88. The lowest BCUT2D eigenvalue weighted by atomic mass is 10.2. The van der Waals surface area contributed by atoms with Gasteiger partial charge in [0.15, 0.2) is 15.8 Å². The summed E-state index contributed by atoms with van der Waals surface area (Å²) in [7, 11) is -2.91. The summed E-state index contributed by atoms with van der Waals surface area (Å²) in [5.41, 5.74) is 1.01. The van der Waals surface area contributed by atoms with E-state index >= 15 is 0 Å². The number of hydrogen-bond acceptors (Lipinski definition) is 6. The highest BCUT2D eigenvalue weighted by Crippen LogP contribution is 2.16. The second-order valence-corrected chi connectivity index (χ2v) is 9.32. The average molecular weight is 396 g/mol. The summed E-state index contributed by atoms with van der Waals surface area (Å²) in [6, 6.07) is 3.99. The summed E-state index contributed by atoms with van der Waals surface area (Å²) in [6.45, 7) is 7.70. The second-order valence-electron chi connectivity index (χ2n) is 7.09. The van der Waals surface area contributed by atoms with E-state index in [1.54, 1.807) is 0 Å². The van der Waals surface area contributed by atoms with Crippen LogP contribution in [0.2, 0.25) is 0 Å². The summed E-state index contributed by atoms with van der Waals surface area (Å²) in [4.78, 5) is 11.4. The Morgan fingerprint density at radius 2 is 2.30 bits per heavy atom. The first-order valence-corrected chi connectivity index (χ1v) is 11.3. The summed E-state index contributed by atoms with van der Waals surface area (Å²) in [5.74, 6) is 2.02. The van der Waals surface area contributed by atoms with Gasteiger partial charge in [0.1, 0.15) is 5.82 Å². The van der Waals surface area contributed by atoms with Gasteiger partial charge in [-0.2, -0.15) is 0 Å². The third-order valence-corrected chi connectivity index (χ3v) is 6.48. The van der Waals surface area contributed by atoms with Gasteiger partial charge in [-0.25, -0.2) is 18.4 Å². The van der Waals surface area contributed by atoms with Gasteiger partial charge in [0.2, 0.25) is 0 Å². The van der Waals surface area contributed by atoms with Crippen LogP contribution in [-0.2, 0) is 21.1 Å². The van der Waals surface area contributed by atoms with Crippen LogP contribution in [-0.4, -0.2) is 69.3 Å². The van der Waals surface area contributed by atoms with Crippen molar-refractivity contribution in [2.75, 3.05) is 42.6 Å². The van der Waals surface area contributed by atoms with Crippen LogP contribution in [0.3, 0.4) is 0 Å². The highest BCUT2D eigenvalue weighted by atomic mass is 32.2. The number of guanidine groups is 1. The topological polar surface area (TPSA) is 95.9 Å². The predicted molar refractivity (Wildman–Crippen MR) is 107 cm³/mol. The van der Waals surface area contributed by atoms with Gasteiger partial charge in [-0.15, -0.1) is 0 Å². The molecule has 0 saturated carbocycles. The quantitative estimate of drug-likeness (QED) is 0.555. The van der Waals surface area contributed by atoms with E-state index in [0.717, 1.165) is 37.6 Å². The fourth-order valence-corrected chi connectivity index (χ4v) is 4.99. The molecule has 0 radical (unpaired) electrons. The molecule has 2 N–H and O–H groups in total. The van der Waals surface area contributed by atoms with Crippen molar-refractivity contribution in [1.82, 2.24) is 15.6 Å². The van der Waals surface area contributed by atoms with E-state index in [1.165, 1.54) is 0 Å². The number of aromatic nitrogens is 1. The Labute approximate surface area is 161 Å². The standard InChI is InChI=1S/C18H29N5O3S/c1-3-19-18(22-16-6-9-27(24,25)13-16)21-11-15-4-5-17(20-10-15)23-7-8-26-14(2)12-23/h4-5,10,14,16H,3,6-9,11-13H2,1-2H3,(H2,19,21,22). The van der Waals surface area contributed by atoms with Crippen molar-refractivity contribution in [3.05, 3.63) is 23.9 Å². The molecule has 0 aromatic carbocycles. The molecular formula is C18H29N5O3S. The Kier molecular flexibility index (Phi) is 6.54. The molecule has 2 aliphatic heterocycles. The third-order valence-electron chi connectivity index (χ3n) is 4.71. The van der Waals surface area contributed by atoms with Gasteiger partial charge in [-0.1, -0.05) is 6.07 Å². The molecule has 1 aromatic heterocycles. The van der Waals surface area contributed by atoms with Crippen molar-refractivity contribution in [3.8, 4) is 0 Å². The molecule has 0 amide bonds. The predicted octanol–water partition coefficient (Wildman–Crippen LogP) is 0.549. The molecule has 8 nitrogen and oxygen atoms in total. The Morgan fingerprint density at radius 1 is 1.44 bits per heavy atom. The molecule has 2 atom stereocenters. The van der Waals surface area contributed by atoms with Crippen molar-refractivity contribution >= 4 is 21.6 Å². The molecule has 27 heavy (non-hydrogen) atoms. The first-order chi connectivity index (χ1) is 12.9. The average Bonchev–Trinajstić information content (AvgIpc) is 2.99. The van der Waals surface area contributed by atoms with Gasteiger partial charge in [-0.3, -0.25) is 0 Å². The van der Waals surface area contributed by atoms with Crippen molar-refractivity contribution in [2.45, 2.75) is 39.0 Å². The normalized spacial score (nSPS) is 25.4. The molecule has 2 fully saturated rings. The molecule has 0 bridgehead atoms. The lowest BCUT2D eigenvalue weighted by Gasteiger charge is -2.32. The Bertz CT molecular complexity index is 751. The summed E-state index contributed by atoms with van der Waals surface area (Å²) >= 11 is 0. The van der Waals surface area contributed by atoms with E-state index in [9.17, 15) is 8.42 Å². The molecule has 2 unspecified atom stereocenters. The number of morpholine rings is 1. The molecular weight excluding hydrogens is 366 g/mol. The van der Waals surface area contributed by atoms with E-state index < -0.39 is 9.84 Å². The molecule has 1 aromatic rings. The smallest absolute Gasteiger partial charge is 0.191 e. The van der Waals surface area contributed by atoms with Gasteiger partial charge < -0.3 is 20.3 Å². The minimum absolute atomic E-state index is 0.0726. The van der Waals surface area contributed by atoms with Crippen LogP contribution in [0.25, 0.3) is 0 Å². The summed E-state index contributed by atoms with van der Waals surface area (Å²) < 4.78 is 28.8. The van der Waals surface area contributed by atoms with Crippen molar-refractivity contribution in [2.24, 2.45) is 4.99 Å².